The van der Waals surface area contributed by atoms with Crippen LogP contribution in [0.15, 0.2) is 12.3 Å². The summed E-state index contributed by atoms with van der Waals surface area (Å²) < 4.78 is 1.94. The lowest BCUT2D eigenvalue weighted by Gasteiger charge is -2.30. The molecule has 2 unspecified atom stereocenters. The van der Waals surface area contributed by atoms with Crippen LogP contribution < -0.4 is 5.73 Å². The molecule has 1 aliphatic rings. The number of aromatic nitrogens is 2. The highest BCUT2D eigenvalue weighted by Gasteiger charge is 2.35. The molecule has 0 radical (unpaired) electrons. The fraction of sp³-hybridized carbons (Fsp3) is 0.727. The van der Waals surface area contributed by atoms with E-state index in [2.05, 4.69) is 29.9 Å². The number of aryl methyl sites for hydroxylation is 1. The Morgan fingerprint density at radius 3 is 2.80 bits per heavy atom. The molecule has 2 N–H and O–H groups in total. The quantitative estimate of drug-likeness (QED) is 0.785. The third-order valence-electron chi connectivity index (χ3n) is 3.31. The average molecular weight is 208 g/mol. The van der Waals surface area contributed by atoms with Gasteiger partial charge in [0.1, 0.15) is 0 Å². The maximum absolute atomic E-state index is 6.18. The molecule has 2 atom stereocenters. The number of hydrogen-bond acceptors (Lipinski definition) is 3. The summed E-state index contributed by atoms with van der Waals surface area (Å²) in [6.07, 6.45) is 2.92. The Morgan fingerprint density at radius 1 is 1.53 bits per heavy atom. The fourth-order valence-corrected chi connectivity index (χ4v) is 2.48. The molecule has 2 heterocycles. The van der Waals surface area contributed by atoms with Gasteiger partial charge >= 0.3 is 0 Å². The molecule has 0 bridgehead atoms. The van der Waals surface area contributed by atoms with Crippen molar-refractivity contribution in [1.29, 1.82) is 0 Å². The lowest BCUT2D eigenvalue weighted by molar-refractivity contribution is 0.191. The standard InChI is InChI=1S/C11H20N4/c1-8(2)15-7-5-9(12)11(15)10-4-6-13-14(10)3/h4,6,8-9,11H,5,7,12H2,1-3H3. The van der Waals surface area contributed by atoms with Gasteiger partial charge in [-0.2, -0.15) is 5.10 Å². The van der Waals surface area contributed by atoms with E-state index in [1.165, 1.54) is 5.69 Å². The van der Waals surface area contributed by atoms with E-state index in [0.717, 1.165) is 13.0 Å². The molecule has 0 aromatic carbocycles. The summed E-state index contributed by atoms with van der Waals surface area (Å²) in [4.78, 5) is 2.46. The van der Waals surface area contributed by atoms with Crippen molar-refractivity contribution in [3.05, 3.63) is 18.0 Å². The molecule has 1 aromatic rings. The molecule has 84 valence electrons. The highest BCUT2D eigenvalue weighted by atomic mass is 15.3. The maximum atomic E-state index is 6.18. The van der Waals surface area contributed by atoms with Crippen LogP contribution in [0, 0.1) is 0 Å². The minimum absolute atomic E-state index is 0.239. The van der Waals surface area contributed by atoms with Crippen molar-refractivity contribution in [3.63, 3.8) is 0 Å². The molecule has 0 spiro atoms. The summed E-state index contributed by atoms with van der Waals surface area (Å²) in [6.45, 7) is 5.54. The zero-order valence-corrected chi connectivity index (χ0v) is 9.72. The van der Waals surface area contributed by atoms with Gasteiger partial charge in [0, 0.05) is 31.9 Å². The van der Waals surface area contributed by atoms with Crippen LogP contribution in [-0.2, 0) is 7.05 Å². The lowest BCUT2D eigenvalue weighted by atomic mass is 10.1. The van der Waals surface area contributed by atoms with Gasteiger partial charge in [-0.05, 0) is 26.3 Å². The van der Waals surface area contributed by atoms with Crippen LogP contribution in [0.3, 0.4) is 0 Å². The third kappa shape index (κ3) is 1.79. The van der Waals surface area contributed by atoms with E-state index < -0.39 is 0 Å². The molecular formula is C11H20N4. The summed E-state index contributed by atoms with van der Waals surface area (Å²) in [5.74, 6) is 0. The van der Waals surface area contributed by atoms with Crippen molar-refractivity contribution < 1.29 is 0 Å². The predicted octanol–water partition coefficient (Wildman–Crippen LogP) is 0.903. The molecule has 0 saturated carbocycles. The topological polar surface area (TPSA) is 47.1 Å². The molecule has 4 heteroatoms. The second-order valence-corrected chi connectivity index (χ2v) is 4.61. The van der Waals surface area contributed by atoms with Crippen molar-refractivity contribution in [2.24, 2.45) is 12.8 Å². The number of rotatable bonds is 2. The zero-order chi connectivity index (χ0) is 11.0. The molecule has 4 nitrogen and oxygen atoms in total. The van der Waals surface area contributed by atoms with Crippen LogP contribution >= 0.6 is 0 Å². The van der Waals surface area contributed by atoms with Gasteiger partial charge in [0.25, 0.3) is 0 Å². The third-order valence-corrected chi connectivity index (χ3v) is 3.31. The fourth-order valence-electron chi connectivity index (χ4n) is 2.48. The molecule has 0 aliphatic carbocycles. The Bertz CT molecular complexity index is 331. The Labute approximate surface area is 91.1 Å². The van der Waals surface area contributed by atoms with Gasteiger partial charge in [0.2, 0.25) is 0 Å². The van der Waals surface area contributed by atoms with Crippen molar-refractivity contribution in [1.82, 2.24) is 14.7 Å². The maximum Gasteiger partial charge on any atom is 0.0673 e. The first-order chi connectivity index (χ1) is 7.11. The first kappa shape index (κ1) is 10.6. The SMILES string of the molecule is CC(C)N1CCC(N)C1c1ccnn1C. The van der Waals surface area contributed by atoms with Crippen molar-refractivity contribution in [3.8, 4) is 0 Å². The molecular weight excluding hydrogens is 188 g/mol. The van der Waals surface area contributed by atoms with Crippen molar-refractivity contribution >= 4 is 0 Å². The van der Waals surface area contributed by atoms with E-state index in [4.69, 9.17) is 5.73 Å². The number of nitrogens with two attached hydrogens (primary N) is 1. The molecule has 1 saturated heterocycles. The van der Waals surface area contributed by atoms with Gasteiger partial charge in [-0.3, -0.25) is 9.58 Å². The Balaban J connectivity index is 2.29. The van der Waals surface area contributed by atoms with Gasteiger partial charge in [-0.25, -0.2) is 0 Å². The van der Waals surface area contributed by atoms with Crippen LogP contribution in [0.25, 0.3) is 0 Å². The molecule has 1 aliphatic heterocycles. The van der Waals surface area contributed by atoms with Gasteiger partial charge in [0.05, 0.1) is 11.7 Å². The van der Waals surface area contributed by atoms with Crippen molar-refractivity contribution in [2.45, 2.75) is 38.4 Å². The number of hydrogen-bond donors (Lipinski definition) is 1. The van der Waals surface area contributed by atoms with E-state index in [1.54, 1.807) is 0 Å². The molecule has 1 aromatic heterocycles. The average Bonchev–Trinajstić information content (AvgIpc) is 2.71. The number of likely N-dealkylation sites (tertiary alicyclic amines) is 1. The molecule has 0 amide bonds. The largest absolute Gasteiger partial charge is 0.326 e. The van der Waals surface area contributed by atoms with E-state index in [1.807, 2.05) is 17.9 Å². The normalized spacial score (nSPS) is 27.8. The van der Waals surface area contributed by atoms with E-state index in [9.17, 15) is 0 Å². The van der Waals surface area contributed by atoms with E-state index in [-0.39, 0.29) is 6.04 Å². The zero-order valence-electron chi connectivity index (χ0n) is 9.72. The first-order valence-corrected chi connectivity index (χ1v) is 5.60. The van der Waals surface area contributed by atoms with Gasteiger partial charge in [0.15, 0.2) is 0 Å². The first-order valence-electron chi connectivity index (χ1n) is 5.60. The van der Waals surface area contributed by atoms with Crippen LogP contribution in [0.2, 0.25) is 0 Å². The monoisotopic (exact) mass is 208 g/mol. The highest BCUT2D eigenvalue weighted by Crippen LogP contribution is 2.32. The van der Waals surface area contributed by atoms with Crippen LogP contribution in [0.5, 0.6) is 0 Å². The van der Waals surface area contributed by atoms with Gasteiger partial charge in [-0.15, -0.1) is 0 Å². The Kier molecular flexibility index (Phi) is 2.80. The summed E-state index contributed by atoms with van der Waals surface area (Å²) in [5, 5.41) is 4.22. The second kappa shape index (κ2) is 3.94. The summed E-state index contributed by atoms with van der Waals surface area (Å²) in [7, 11) is 1.98. The van der Waals surface area contributed by atoms with Crippen molar-refractivity contribution in [2.75, 3.05) is 6.54 Å². The lowest BCUT2D eigenvalue weighted by Crippen LogP contribution is -2.37. The molecule has 15 heavy (non-hydrogen) atoms. The summed E-state index contributed by atoms with van der Waals surface area (Å²) in [5.41, 5.74) is 7.41. The Hall–Kier alpha value is -0.870. The van der Waals surface area contributed by atoms with Crippen LogP contribution in [0.1, 0.15) is 32.0 Å². The van der Waals surface area contributed by atoms with Crippen LogP contribution in [-0.4, -0.2) is 33.3 Å². The predicted molar refractivity (Wildman–Crippen MR) is 60.4 cm³/mol. The Morgan fingerprint density at radius 2 is 2.27 bits per heavy atom. The second-order valence-electron chi connectivity index (χ2n) is 4.61. The molecule has 2 rings (SSSR count). The smallest absolute Gasteiger partial charge is 0.0673 e. The number of nitrogens with zero attached hydrogens (tertiary/aromatic N) is 3. The van der Waals surface area contributed by atoms with E-state index in [0.29, 0.717) is 12.1 Å². The minimum Gasteiger partial charge on any atom is -0.326 e. The van der Waals surface area contributed by atoms with Crippen LogP contribution in [0.4, 0.5) is 0 Å². The summed E-state index contributed by atoms with van der Waals surface area (Å²) >= 11 is 0. The highest BCUT2D eigenvalue weighted by molar-refractivity contribution is 5.13. The minimum atomic E-state index is 0.239. The van der Waals surface area contributed by atoms with Gasteiger partial charge in [-0.1, -0.05) is 0 Å². The summed E-state index contributed by atoms with van der Waals surface area (Å²) in [6, 6.07) is 3.18. The van der Waals surface area contributed by atoms with E-state index >= 15 is 0 Å². The molecule has 1 fully saturated rings. The van der Waals surface area contributed by atoms with Gasteiger partial charge < -0.3 is 5.73 Å².